The lowest BCUT2D eigenvalue weighted by molar-refractivity contribution is 0.475. The number of hydrogen-bond acceptors (Lipinski definition) is 5. The molecule has 19 heavy (non-hydrogen) atoms. The molecule has 2 aromatic carbocycles. The SMILES string of the molecule is Nc1nnc(-c2ccc(-c3cccc(O)c3)cc2)s1. The van der Waals surface area contributed by atoms with E-state index in [9.17, 15) is 5.11 Å². The first-order valence-corrected chi connectivity index (χ1v) is 6.53. The Kier molecular flexibility index (Phi) is 2.89. The monoisotopic (exact) mass is 269 g/mol. The lowest BCUT2D eigenvalue weighted by Gasteiger charge is -2.03. The van der Waals surface area contributed by atoms with Crippen molar-refractivity contribution in [2.75, 3.05) is 5.73 Å². The van der Waals surface area contributed by atoms with Crippen LogP contribution in [0.25, 0.3) is 21.7 Å². The Bertz CT molecular complexity index is 707. The van der Waals surface area contributed by atoms with Gasteiger partial charge in [-0.1, -0.05) is 47.7 Å². The second kappa shape index (κ2) is 4.70. The Labute approximate surface area is 114 Å². The van der Waals surface area contributed by atoms with E-state index in [0.717, 1.165) is 21.7 Å². The predicted octanol–water partition coefficient (Wildman–Crippen LogP) is 3.16. The molecular weight excluding hydrogens is 258 g/mol. The average molecular weight is 269 g/mol. The molecule has 0 spiro atoms. The molecule has 0 aliphatic carbocycles. The van der Waals surface area contributed by atoms with Crippen molar-refractivity contribution in [2.24, 2.45) is 0 Å². The molecule has 3 N–H and O–H groups in total. The van der Waals surface area contributed by atoms with E-state index in [2.05, 4.69) is 10.2 Å². The molecule has 0 atom stereocenters. The highest BCUT2D eigenvalue weighted by Crippen LogP contribution is 2.28. The molecule has 0 unspecified atom stereocenters. The number of phenolic OH excluding ortho intramolecular Hbond substituents is 1. The first-order valence-electron chi connectivity index (χ1n) is 5.71. The zero-order valence-corrected chi connectivity index (χ0v) is 10.8. The molecule has 0 saturated carbocycles. The van der Waals surface area contributed by atoms with Crippen LogP contribution in [0, 0.1) is 0 Å². The average Bonchev–Trinajstić information content (AvgIpc) is 2.86. The zero-order valence-electron chi connectivity index (χ0n) is 9.95. The highest BCUT2D eigenvalue weighted by atomic mass is 32.1. The van der Waals surface area contributed by atoms with Crippen molar-refractivity contribution >= 4 is 16.5 Å². The van der Waals surface area contributed by atoms with Crippen molar-refractivity contribution in [3.63, 3.8) is 0 Å². The predicted molar refractivity (Wildman–Crippen MR) is 76.9 cm³/mol. The third-order valence-corrected chi connectivity index (χ3v) is 3.55. The van der Waals surface area contributed by atoms with Crippen molar-refractivity contribution < 1.29 is 5.11 Å². The number of aromatic nitrogens is 2. The van der Waals surface area contributed by atoms with Gasteiger partial charge in [-0.05, 0) is 23.3 Å². The number of nitrogen functional groups attached to an aromatic ring is 1. The van der Waals surface area contributed by atoms with E-state index in [1.165, 1.54) is 11.3 Å². The van der Waals surface area contributed by atoms with Gasteiger partial charge in [0.25, 0.3) is 0 Å². The minimum atomic E-state index is 0.262. The van der Waals surface area contributed by atoms with Crippen molar-refractivity contribution in [1.82, 2.24) is 10.2 Å². The number of anilines is 1. The van der Waals surface area contributed by atoms with Gasteiger partial charge in [-0.2, -0.15) is 0 Å². The van der Waals surface area contributed by atoms with E-state index in [-0.39, 0.29) is 5.75 Å². The lowest BCUT2D eigenvalue weighted by atomic mass is 10.0. The molecule has 3 rings (SSSR count). The molecule has 94 valence electrons. The number of nitrogens with zero attached hydrogens (tertiary/aromatic N) is 2. The van der Waals surface area contributed by atoms with Gasteiger partial charge in [0.1, 0.15) is 10.8 Å². The van der Waals surface area contributed by atoms with Gasteiger partial charge in [-0.15, -0.1) is 10.2 Å². The van der Waals surface area contributed by atoms with Crippen LogP contribution in [0.15, 0.2) is 48.5 Å². The molecule has 5 heteroatoms. The second-order valence-corrected chi connectivity index (χ2v) is 5.08. The van der Waals surface area contributed by atoms with Crippen LogP contribution < -0.4 is 5.73 Å². The minimum absolute atomic E-state index is 0.262. The van der Waals surface area contributed by atoms with Crippen LogP contribution in [0.4, 0.5) is 5.13 Å². The highest BCUT2D eigenvalue weighted by Gasteiger charge is 2.05. The van der Waals surface area contributed by atoms with Gasteiger partial charge in [-0.25, -0.2) is 0 Å². The molecular formula is C14H11N3OS. The van der Waals surface area contributed by atoms with Crippen LogP contribution in [-0.4, -0.2) is 15.3 Å². The van der Waals surface area contributed by atoms with Crippen molar-refractivity contribution in [3.8, 4) is 27.4 Å². The molecule has 0 saturated heterocycles. The summed E-state index contributed by atoms with van der Waals surface area (Å²) in [5.41, 5.74) is 8.57. The van der Waals surface area contributed by atoms with Gasteiger partial charge < -0.3 is 10.8 Å². The molecule has 1 heterocycles. The molecule has 0 fully saturated rings. The standard InChI is InChI=1S/C14H11N3OS/c15-14-17-16-13(19-14)10-6-4-9(5-7-10)11-2-1-3-12(18)8-11/h1-8,18H,(H2,15,17). The Morgan fingerprint density at radius 3 is 2.26 bits per heavy atom. The van der Waals surface area contributed by atoms with Crippen LogP contribution in [0.5, 0.6) is 5.75 Å². The summed E-state index contributed by atoms with van der Waals surface area (Å²) in [7, 11) is 0. The second-order valence-electron chi connectivity index (χ2n) is 4.07. The Morgan fingerprint density at radius 2 is 1.63 bits per heavy atom. The number of rotatable bonds is 2. The van der Waals surface area contributed by atoms with Crippen LogP contribution in [0.2, 0.25) is 0 Å². The van der Waals surface area contributed by atoms with Gasteiger partial charge in [0, 0.05) is 5.56 Å². The van der Waals surface area contributed by atoms with Gasteiger partial charge in [0.2, 0.25) is 5.13 Å². The van der Waals surface area contributed by atoms with Crippen LogP contribution in [0.1, 0.15) is 0 Å². The maximum atomic E-state index is 9.48. The molecule has 0 amide bonds. The lowest BCUT2D eigenvalue weighted by Crippen LogP contribution is -1.81. The minimum Gasteiger partial charge on any atom is -0.508 e. The Balaban J connectivity index is 1.95. The van der Waals surface area contributed by atoms with Crippen molar-refractivity contribution in [3.05, 3.63) is 48.5 Å². The van der Waals surface area contributed by atoms with E-state index < -0.39 is 0 Å². The van der Waals surface area contributed by atoms with Gasteiger partial charge in [-0.3, -0.25) is 0 Å². The first kappa shape index (κ1) is 11.7. The highest BCUT2D eigenvalue weighted by molar-refractivity contribution is 7.18. The number of phenols is 1. The maximum absolute atomic E-state index is 9.48. The van der Waals surface area contributed by atoms with Crippen LogP contribution in [-0.2, 0) is 0 Å². The fraction of sp³-hybridized carbons (Fsp3) is 0. The van der Waals surface area contributed by atoms with Gasteiger partial charge >= 0.3 is 0 Å². The third kappa shape index (κ3) is 2.41. The molecule has 0 aliphatic heterocycles. The number of aromatic hydroxyl groups is 1. The molecule has 0 aliphatic rings. The fourth-order valence-corrected chi connectivity index (χ4v) is 2.46. The van der Waals surface area contributed by atoms with Crippen LogP contribution >= 0.6 is 11.3 Å². The number of nitrogens with two attached hydrogens (primary N) is 1. The van der Waals surface area contributed by atoms with Gasteiger partial charge in [0.05, 0.1) is 0 Å². The van der Waals surface area contributed by atoms with Crippen molar-refractivity contribution in [2.45, 2.75) is 0 Å². The van der Waals surface area contributed by atoms with Crippen molar-refractivity contribution in [1.29, 1.82) is 0 Å². The summed E-state index contributed by atoms with van der Waals surface area (Å²) in [6.45, 7) is 0. The third-order valence-electron chi connectivity index (χ3n) is 2.75. The Morgan fingerprint density at radius 1 is 0.895 bits per heavy atom. The van der Waals surface area contributed by atoms with E-state index in [1.54, 1.807) is 12.1 Å². The summed E-state index contributed by atoms with van der Waals surface area (Å²) in [5, 5.41) is 18.6. The molecule has 3 aromatic rings. The summed E-state index contributed by atoms with van der Waals surface area (Å²) in [4.78, 5) is 0. The summed E-state index contributed by atoms with van der Waals surface area (Å²) in [6, 6.07) is 15.1. The largest absolute Gasteiger partial charge is 0.508 e. The molecule has 0 bridgehead atoms. The van der Waals surface area contributed by atoms with E-state index >= 15 is 0 Å². The zero-order chi connectivity index (χ0) is 13.2. The molecule has 4 nitrogen and oxygen atoms in total. The fourth-order valence-electron chi connectivity index (χ4n) is 1.84. The van der Waals surface area contributed by atoms with E-state index in [0.29, 0.717) is 5.13 Å². The Hall–Kier alpha value is -2.40. The molecule has 1 aromatic heterocycles. The number of hydrogen-bond donors (Lipinski definition) is 2. The summed E-state index contributed by atoms with van der Waals surface area (Å²) >= 11 is 1.36. The smallest absolute Gasteiger partial charge is 0.203 e. The summed E-state index contributed by atoms with van der Waals surface area (Å²) < 4.78 is 0. The quantitative estimate of drug-likeness (QED) is 0.749. The topological polar surface area (TPSA) is 72.0 Å². The molecule has 0 radical (unpaired) electrons. The first-order chi connectivity index (χ1) is 9.22. The maximum Gasteiger partial charge on any atom is 0.203 e. The van der Waals surface area contributed by atoms with Crippen LogP contribution in [0.3, 0.4) is 0 Å². The number of benzene rings is 2. The summed E-state index contributed by atoms with van der Waals surface area (Å²) in [6.07, 6.45) is 0. The van der Waals surface area contributed by atoms with Gasteiger partial charge in [0.15, 0.2) is 0 Å². The van der Waals surface area contributed by atoms with E-state index in [4.69, 9.17) is 5.73 Å². The van der Waals surface area contributed by atoms with E-state index in [1.807, 2.05) is 36.4 Å². The normalized spacial score (nSPS) is 10.5. The summed E-state index contributed by atoms with van der Waals surface area (Å²) in [5.74, 6) is 0.262.